The maximum atomic E-state index is 13.3. The average Bonchev–Trinajstić information content (AvgIpc) is 3.24. The number of piperidine rings is 1. The summed E-state index contributed by atoms with van der Waals surface area (Å²) in [5.74, 6) is 0. The summed E-state index contributed by atoms with van der Waals surface area (Å²) in [4.78, 5) is 0.392. The van der Waals surface area contributed by atoms with Gasteiger partial charge >= 0.3 is 0 Å². The van der Waals surface area contributed by atoms with Crippen molar-refractivity contribution >= 4 is 15.7 Å². The zero-order valence-electron chi connectivity index (χ0n) is 18.6. The Morgan fingerprint density at radius 2 is 1.61 bits per heavy atom. The van der Waals surface area contributed by atoms with Gasteiger partial charge in [-0.2, -0.15) is 4.31 Å². The van der Waals surface area contributed by atoms with Crippen LogP contribution in [-0.2, 0) is 15.6 Å². The number of anilines is 1. The molecular formula is C25H29N3O2S. The van der Waals surface area contributed by atoms with Crippen LogP contribution in [0.3, 0.4) is 0 Å². The fourth-order valence-corrected chi connectivity index (χ4v) is 6.54. The number of nitrogens with zero attached hydrogens (tertiary/aromatic N) is 2. The lowest BCUT2D eigenvalue weighted by molar-refractivity contribution is 0.247. The van der Waals surface area contributed by atoms with Crippen molar-refractivity contribution in [1.29, 1.82) is 0 Å². The Morgan fingerprint density at radius 3 is 2.32 bits per heavy atom. The van der Waals surface area contributed by atoms with Crippen molar-refractivity contribution in [3.63, 3.8) is 0 Å². The van der Waals surface area contributed by atoms with E-state index in [1.165, 1.54) is 22.5 Å². The van der Waals surface area contributed by atoms with Crippen LogP contribution in [0.5, 0.6) is 0 Å². The molecule has 1 aromatic heterocycles. The highest BCUT2D eigenvalue weighted by Crippen LogP contribution is 2.45. The van der Waals surface area contributed by atoms with Crippen LogP contribution in [0.15, 0.2) is 53.6 Å². The highest BCUT2D eigenvalue weighted by molar-refractivity contribution is 7.89. The van der Waals surface area contributed by atoms with Crippen LogP contribution in [0, 0.1) is 27.7 Å². The van der Waals surface area contributed by atoms with Crippen LogP contribution in [0.25, 0.3) is 5.69 Å². The number of aromatic nitrogens is 1. The number of fused-ring (bicyclic) bond motifs is 4. The van der Waals surface area contributed by atoms with Gasteiger partial charge in [-0.1, -0.05) is 12.1 Å². The summed E-state index contributed by atoms with van der Waals surface area (Å²) in [6.45, 7) is 9.25. The third-order valence-corrected chi connectivity index (χ3v) is 9.14. The van der Waals surface area contributed by atoms with Gasteiger partial charge in [0.05, 0.1) is 21.8 Å². The minimum Gasteiger partial charge on any atom is -0.372 e. The number of hydrogen-bond acceptors (Lipinski definition) is 3. The Balaban J connectivity index is 1.46. The van der Waals surface area contributed by atoms with Gasteiger partial charge in [-0.15, -0.1) is 0 Å². The van der Waals surface area contributed by atoms with Gasteiger partial charge < -0.3 is 9.88 Å². The van der Waals surface area contributed by atoms with Gasteiger partial charge in [0, 0.05) is 25.0 Å². The molecule has 5 rings (SSSR count). The molecule has 6 heteroatoms. The second-order valence-electron chi connectivity index (χ2n) is 9.02. The largest absolute Gasteiger partial charge is 0.372 e. The average molecular weight is 436 g/mol. The van der Waals surface area contributed by atoms with E-state index in [1.54, 1.807) is 16.4 Å². The van der Waals surface area contributed by atoms with Gasteiger partial charge in [0.1, 0.15) is 0 Å². The van der Waals surface area contributed by atoms with E-state index in [1.807, 2.05) is 19.9 Å². The summed E-state index contributed by atoms with van der Waals surface area (Å²) >= 11 is 0. The Bertz CT molecular complexity index is 1280. The van der Waals surface area contributed by atoms with E-state index in [9.17, 15) is 8.42 Å². The topological polar surface area (TPSA) is 54.3 Å². The summed E-state index contributed by atoms with van der Waals surface area (Å²) in [7, 11) is -3.49. The van der Waals surface area contributed by atoms with E-state index in [2.05, 4.69) is 54.2 Å². The minimum absolute atomic E-state index is 0.257. The predicted molar refractivity (Wildman–Crippen MR) is 124 cm³/mol. The lowest BCUT2D eigenvalue weighted by Gasteiger charge is -2.46. The lowest BCUT2D eigenvalue weighted by Crippen LogP contribution is -2.51. The number of nitrogens with one attached hydrogen (secondary N) is 1. The molecular weight excluding hydrogens is 406 g/mol. The Labute approximate surface area is 184 Å². The van der Waals surface area contributed by atoms with Gasteiger partial charge in [-0.25, -0.2) is 8.42 Å². The van der Waals surface area contributed by atoms with Crippen molar-refractivity contribution < 1.29 is 8.42 Å². The molecule has 0 unspecified atom stereocenters. The maximum Gasteiger partial charge on any atom is 0.243 e. The van der Waals surface area contributed by atoms with Gasteiger partial charge in [-0.05, 0) is 93.1 Å². The first-order valence-corrected chi connectivity index (χ1v) is 12.3. The molecule has 2 aliphatic rings. The molecule has 3 heterocycles. The molecule has 1 N–H and O–H groups in total. The maximum absolute atomic E-state index is 13.3. The number of sulfonamides is 1. The van der Waals surface area contributed by atoms with Gasteiger partial charge in [0.15, 0.2) is 0 Å². The Morgan fingerprint density at radius 1 is 0.903 bits per heavy atom. The molecule has 2 aromatic carbocycles. The Hall–Kier alpha value is -2.57. The summed E-state index contributed by atoms with van der Waals surface area (Å²) in [5.41, 5.74) is 7.94. The summed E-state index contributed by atoms with van der Waals surface area (Å²) in [6.07, 6.45) is 3.59. The molecule has 31 heavy (non-hydrogen) atoms. The van der Waals surface area contributed by atoms with Crippen LogP contribution in [-0.4, -0.2) is 30.4 Å². The van der Waals surface area contributed by atoms with E-state index in [-0.39, 0.29) is 5.54 Å². The van der Waals surface area contributed by atoms with Crippen molar-refractivity contribution in [1.82, 2.24) is 8.87 Å². The predicted octanol–water partition coefficient (Wildman–Crippen LogP) is 4.82. The van der Waals surface area contributed by atoms with Crippen molar-refractivity contribution in [3.8, 4) is 5.69 Å². The molecule has 1 fully saturated rings. The molecule has 0 amide bonds. The van der Waals surface area contributed by atoms with Crippen LogP contribution in [0.4, 0.5) is 5.69 Å². The molecule has 3 aromatic rings. The van der Waals surface area contributed by atoms with E-state index in [0.717, 1.165) is 29.7 Å². The van der Waals surface area contributed by atoms with Crippen molar-refractivity contribution in [2.75, 3.05) is 18.4 Å². The number of hydrogen-bond donors (Lipinski definition) is 1. The highest BCUT2D eigenvalue weighted by atomic mass is 32.2. The summed E-state index contributed by atoms with van der Waals surface area (Å²) in [5, 5.41) is 3.81. The van der Waals surface area contributed by atoms with Crippen molar-refractivity contribution in [2.45, 2.75) is 51.0 Å². The molecule has 0 bridgehead atoms. The van der Waals surface area contributed by atoms with E-state index in [4.69, 9.17) is 0 Å². The standard InChI is InChI=1S/C25H29N3O2S/c1-17-7-9-21(16-19(17)3)31(29,30)27-14-11-25(12-15-27)23-6-5-13-28(23)24-20(4)18(2)8-10-22(24)26-25/h5-10,13,16,26H,11-12,14-15H2,1-4H3. The third-order valence-electron chi connectivity index (χ3n) is 7.25. The van der Waals surface area contributed by atoms with Crippen LogP contribution >= 0.6 is 0 Å². The third kappa shape index (κ3) is 3.04. The van der Waals surface area contributed by atoms with Gasteiger partial charge in [0.2, 0.25) is 10.0 Å². The van der Waals surface area contributed by atoms with E-state index in [0.29, 0.717) is 18.0 Å². The molecule has 162 valence electrons. The van der Waals surface area contributed by atoms with E-state index < -0.39 is 10.0 Å². The first kappa shape index (κ1) is 20.3. The smallest absolute Gasteiger partial charge is 0.243 e. The number of benzene rings is 2. The fraction of sp³-hybridized carbons (Fsp3) is 0.360. The first-order chi connectivity index (χ1) is 14.7. The molecule has 0 saturated carbocycles. The number of aryl methyl sites for hydroxylation is 3. The SMILES string of the molecule is Cc1ccc(S(=O)(=O)N2CCC3(CC2)Nc2ccc(C)c(C)c2-n2cccc23)cc1C. The zero-order valence-corrected chi connectivity index (χ0v) is 19.4. The van der Waals surface area contributed by atoms with Crippen molar-refractivity contribution in [3.05, 3.63) is 76.6 Å². The van der Waals surface area contributed by atoms with E-state index >= 15 is 0 Å². The zero-order chi connectivity index (χ0) is 22.0. The minimum atomic E-state index is -3.49. The van der Waals surface area contributed by atoms with Crippen molar-refractivity contribution in [2.24, 2.45) is 0 Å². The number of rotatable bonds is 2. The van der Waals surface area contributed by atoms with Crippen LogP contribution in [0.2, 0.25) is 0 Å². The molecule has 0 aliphatic carbocycles. The van der Waals surface area contributed by atoms with Gasteiger partial charge in [0.25, 0.3) is 0 Å². The van der Waals surface area contributed by atoms with Crippen LogP contribution < -0.4 is 5.32 Å². The molecule has 0 atom stereocenters. The monoisotopic (exact) mass is 435 g/mol. The normalized spacial score (nSPS) is 17.8. The quantitative estimate of drug-likeness (QED) is 0.628. The highest BCUT2D eigenvalue weighted by Gasteiger charge is 2.44. The Kier molecular flexibility index (Phi) is 4.57. The summed E-state index contributed by atoms with van der Waals surface area (Å²) in [6, 6.07) is 14.0. The molecule has 5 nitrogen and oxygen atoms in total. The summed E-state index contributed by atoms with van der Waals surface area (Å²) < 4.78 is 30.5. The first-order valence-electron chi connectivity index (χ1n) is 10.9. The van der Waals surface area contributed by atoms with Gasteiger partial charge in [-0.3, -0.25) is 0 Å². The fourth-order valence-electron chi connectivity index (χ4n) is 5.01. The second kappa shape index (κ2) is 6.97. The molecule has 1 saturated heterocycles. The molecule has 1 spiro atoms. The molecule has 2 aliphatic heterocycles. The second-order valence-corrected chi connectivity index (χ2v) is 11.0. The van der Waals surface area contributed by atoms with Crippen LogP contribution in [0.1, 0.15) is 40.8 Å². The molecule has 0 radical (unpaired) electrons. The lowest BCUT2D eigenvalue weighted by atomic mass is 9.82.